The van der Waals surface area contributed by atoms with E-state index in [0.717, 1.165) is 0 Å². The molecule has 1 atom stereocenters. The van der Waals surface area contributed by atoms with Crippen molar-refractivity contribution in [2.45, 2.75) is 13.0 Å². The molecule has 0 aromatic carbocycles. The van der Waals surface area contributed by atoms with Crippen LogP contribution in [0.15, 0.2) is 6.33 Å². The second-order valence-corrected chi connectivity index (χ2v) is 3.64. The van der Waals surface area contributed by atoms with Gasteiger partial charge in [-0.3, -0.25) is 9.48 Å². The maximum absolute atomic E-state index is 11.5. The van der Waals surface area contributed by atoms with Gasteiger partial charge in [0.1, 0.15) is 6.33 Å². The van der Waals surface area contributed by atoms with Crippen LogP contribution in [0.4, 0.5) is 0 Å². The van der Waals surface area contributed by atoms with E-state index in [-0.39, 0.29) is 11.8 Å². The van der Waals surface area contributed by atoms with Crippen LogP contribution in [0, 0.1) is 17.2 Å². The van der Waals surface area contributed by atoms with Crippen molar-refractivity contribution in [3.05, 3.63) is 12.2 Å². The van der Waals surface area contributed by atoms with Crippen LogP contribution in [0.2, 0.25) is 0 Å². The summed E-state index contributed by atoms with van der Waals surface area (Å²) in [6, 6.07) is 2.11. The van der Waals surface area contributed by atoms with Crippen LogP contribution in [0.25, 0.3) is 0 Å². The molecular formula is C9H11N5O. The van der Waals surface area contributed by atoms with Gasteiger partial charge in [-0.1, -0.05) is 0 Å². The summed E-state index contributed by atoms with van der Waals surface area (Å²) in [5, 5.41) is 12.8. The SMILES string of the molecule is Cn1cnc(CN2CC(C#N)CC2=O)n1. The third kappa shape index (κ3) is 1.96. The number of nitrogens with zero attached hydrogens (tertiary/aromatic N) is 5. The zero-order valence-electron chi connectivity index (χ0n) is 8.42. The van der Waals surface area contributed by atoms with Gasteiger partial charge in [-0.2, -0.15) is 10.4 Å². The van der Waals surface area contributed by atoms with Crippen molar-refractivity contribution in [2.24, 2.45) is 13.0 Å². The lowest BCUT2D eigenvalue weighted by atomic mass is 10.1. The van der Waals surface area contributed by atoms with Gasteiger partial charge < -0.3 is 4.90 Å². The molecule has 2 rings (SSSR count). The van der Waals surface area contributed by atoms with Crippen molar-refractivity contribution in [3.8, 4) is 6.07 Å². The zero-order valence-corrected chi connectivity index (χ0v) is 8.42. The Labute approximate surface area is 87.1 Å². The Morgan fingerprint density at radius 1 is 1.73 bits per heavy atom. The maximum Gasteiger partial charge on any atom is 0.224 e. The highest BCUT2D eigenvalue weighted by molar-refractivity contribution is 5.79. The molecule has 15 heavy (non-hydrogen) atoms. The summed E-state index contributed by atoms with van der Waals surface area (Å²) in [5.41, 5.74) is 0. The van der Waals surface area contributed by atoms with Gasteiger partial charge in [0, 0.05) is 20.0 Å². The van der Waals surface area contributed by atoms with Crippen LogP contribution in [-0.2, 0) is 18.4 Å². The van der Waals surface area contributed by atoms with E-state index in [1.165, 1.54) is 0 Å². The fourth-order valence-corrected chi connectivity index (χ4v) is 1.64. The molecule has 1 aliphatic rings. The zero-order chi connectivity index (χ0) is 10.8. The molecule has 1 aromatic rings. The number of aromatic nitrogens is 3. The Bertz CT molecular complexity index is 418. The van der Waals surface area contributed by atoms with Crippen molar-refractivity contribution in [1.29, 1.82) is 5.26 Å². The molecule has 1 saturated heterocycles. The molecule has 0 saturated carbocycles. The Kier molecular flexibility index (Phi) is 2.37. The van der Waals surface area contributed by atoms with Crippen molar-refractivity contribution >= 4 is 5.91 Å². The van der Waals surface area contributed by atoms with E-state index in [4.69, 9.17) is 5.26 Å². The van der Waals surface area contributed by atoms with Gasteiger partial charge in [0.15, 0.2) is 5.82 Å². The van der Waals surface area contributed by atoms with E-state index in [0.29, 0.717) is 25.3 Å². The van der Waals surface area contributed by atoms with E-state index in [2.05, 4.69) is 16.2 Å². The van der Waals surface area contributed by atoms with Gasteiger partial charge in [0.25, 0.3) is 0 Å². The number of likely N-dealkylation sites (tertiary alicyclic amines) is 1. The van der Waals surface area contributed by atoms with Crippen LogP contribution in [0.1, 0.15) is 12.2 Å². The van der Waals surface area contributed by atoms with Gasteiger partial charge in [-0.25, -0.2) is 4.98 Å². The molecule has 2 heterocycles. The lowest BCUT2D eigenvalue weighted by molar-refractivity contribution is -0.128. The molecule has 6 nitrogen and oxygen atoms in total. The van der Waals surface area contributed by atoms with Crippen LogP contribution in [0.3, 0.4) is 0 Å². The molecule has 1 amide bonds. The van der Waals surface area contributed by atoms with E-state index in [9.17, 15) is 4.79 Å². The van der Waals surface area contributed by atoms with Gasteiger partial charge in [-0.15, -0.1) is 0 Å². The van der Waals surface area contributed by atoms with Crippen LogP contribution >= 0.6 is 0 Å². The summed E-state index contributed by atoms with van der Waals surface area (Å²) in [4.78, 5) is 17.1. The molecule has 0 spiro atoms. The topological polar surface area (TPSA) is 74.8 Å². The molecule has 78 valence electrons. The highest BCUT2D eigenvalue weighted by atomic mass is 16.2. The van der Waals surface area contributed by atoms with Gasteiger partial charge in [0.05, 0.1) is 18.5 Å². The fraction of sp³-hybridized carbons (Fsp3) is 0.556. The van der Waals surface area contributed by atoms with Crippen LogP contribution in [-0.4, -0.2) is 32.1 Å². The monoisotopic (exact) mass is 205 g/mol. The highest BCUT2D eigenvalue weighted by Crippen LogP contribution is 2.17. The second kappa shape index (κ2) is 3.69. The van der Waals surface area contributed by atoms with Gasteiger partial charge in [0.2, 0.25) is 5.91 Å². The minimum Gasteiger partial charge on any atom is -0.334 e. The van der Waals surface area contributed by atoms with Gasteiger partial charge in [-0.05, 0) is 0 Å². The molecule has 1 aliphatic heterocycles. The average molecular weight is 205 g/mol. The minimum absolute atomic E-state index is 0.00834. The number of nitriles is 1. The highest BCUT2D eigenvalue weighted by Gasteiger charge is 2.29. The minimum atomic E-state index is -0.179. The molecule has 0 bridgehead atoms. The van der Waals surface area contributed by atoms with Gasteiger partial charge >= 0.3 is 0 Å². The summed E-state index contributed by atoms with van der Waals surface area (Å²) < 4.78 is 1.59. The summed E-state index contributed by atoms with van der Waals surface area (Å²) in [6.45, 7) is 0.894. The molecule has 1 aromatic heterocycles. The largest absolute Gasteiger partial charge is 0.334 e. The molecule has 1 unspecified atom stereocenters. The van der Waals surface area contributed by atoms with Crippen molar-refractivity contribution in [3.63, 3.8) is 0 Å². The van der Waals surface area contributed by atoms with Crippen molar-refractivity contribution < 1.29 is 4.79 Å². The maximum atomic E-state index is 11.5. The first-order valence-electron chi connectivity index (χ1n) is 4.71. The third-order valence-electron chi connectivity index (χ3n) is 2.38. The first-order valence-corrected chi connectivity index (χ1v) is 4.71. The summed E-state index contributed by atoms with van der Waals surface area (Å²) in [6.07, 6.45) is 1.92. The molecule has 1 fully saturated rings. The van der Waals surface area contributed by atoms with Crippen molar-refractivity contribution in [2.75, 3.05) is 6.54 Å². The lowest BCUT2D eigenvalue weighted by Gasteiger charge is -2.12. The molecule has 0 radical (unpaired) electrons. The summed E-state index contributed by atoms with van der Waals surface area (Å²) in [5.74, 6) is 0.444. The number of amides is 1. The summed E-state index contributed by atoms with van der Waals surface area (Å²) in [7, 11) is 1.78. The Morgan fingerprint density at radius 2 is 2.53 bits per heavy atom. The predicted octanol–water partition coefficient (Wildman–Crippen LogP) is -0.313. The van der Waals surface area contributed by atoms with E-state index in [1.807, 2.05) is 0 Å². The average Bonchev–Trinajstić information content (AvgIpc) is 2.75. The number of carbonyl (C=O) groups is 1. The van der Waals surface area contributed by atoms with E-state index in [1.54, 1.807) is 23.0 Å². The number of hydrogen-bond donors (Lipinski definition) is 0. The molecule has 0 aliphatic carbocycles. The number of aryl methyl sites for hydroxylation is 1. The molecule has 6 heteroatoms. The van der Waals surface area contributed by atoms with E-state index >= 15 is 0 Å². The van der Waals surface area contributed by atoms with E-state index < -0.39 is 0 Å². The number of carbonyl (C=O) groups excluding carboxylic acids is 1. The van der Waals surface area contributed by atoms with Crippen molar-refractivity contribution in [1.82, 2.24) is 19.7 Å². The first kappa shape index (κ1) is 9.65. The predicted molar refractivity (Wildman–Crippen MR) is 50.1 cm³/mol. The number of hydrogen-bond acceptors (Lipinski definition) is 4. The Morgan fingerprint density at radius 3 is 3.07 bits per heavy atom. The third-order valence-corrected chi connectivity index (χ3v) is 2.38. The van der Waals surface area contributed by atoms with Crippen LogP contribution in [0.5, 0.6) is 0 Å². The molecule has 0 N–H and O–H groups in total. The Balaban J connectivity index is 2.02. The summed E-state index contributed by atoms with van der Waals surface area (Å²) >= 11 is 0. The standard InChI is InChI=1S/C9H11N5O/c1-13-6-11-8(12-13)5-14-4-7(3-10)2-9(14)15/h6-7H,2,4-5H2,1H3. The fourth-order valence-electron chi connectivity index (χ4n) is 1.64. The normalized spacial score (nSPS) is 20.7. The smallest absolute Gasteiger partial charge is 0.224 e. The second-order valence-electron chi connectivity index (χ2n) is 3.64. The Hall–Kier alpha value is -1.90. The lowest BCUT2D eigenvalue weighted by Crippen LogP contribution is -2.25. The number of rotatable bonds is 2. The quantitative estimate of drug-likeness (QED) is 0.663. The first-order chi connectivity index (χ1) is 7.19. The molecular weight excluding hydrogens is 194 g/mol. The van der Waals surface area contributed by atoms with Crippen LogP contribution < -0.4 is 0 Å².